The molecule has 0 unspecified atom stereocenters. The SMILES string of the molecule is CCC[C@H](C)Oc1ccc(-c2nc(O)nc(-c3cc(CNC(=O)C(CC)(CC)OC)ccc3Cl)n2)cn1. The van der Waals surface area contributed by atoms with Gasteiger partial charge in [0.2, 0.25) is 5.88 Å². The first-order valence-corrected chi connectivity index (χ1v) is 12.8. The minimum atomic E-state index is -0.868. The van der Waals surface area contributed by atoms with Crippen LogP contribution in [0.25, 0.3) is 22.8 Å². The first-order valence-electron chi connectivity index (χ1n) is 12.5. The van der Waals surface area contributed by atoms with E-state index < -0.39 is 11.6 Å². The van der Waals surface area contributed by atoms with Crippen LogP contribution in [0.4, 0.5) is 0 Å². The summed E-state index contributed by atoms with van der Waals surface area (Å²) in [5.41, 5.74) is 1.00. The van der Waals surface area contributed by atoms with Crippen LogP contribution >= 0.6 is 11.6 Å². The summed E-state index contributed by atoms with van der Waals surface area (Å²) in [6.07, 6.45) is 4.72. The van der Waals surface area contributed by atoms with E-state index in [1.54, 1.807) is 37.6 Å². The Bertz CT molecular complexity index is 1190. The van der Waals surface area contributed by atoms with E-state index in [0.29, 0.717) is 34.9 Å². The number of pyridine rings is 1. The average molecular weight is 528 g/mol. The maximum Gasteiger partial charge on any atom is 0.318 e. The van der Waals surface area contributed by atoms with Crippen LogP contribution in [-0.4, -0.2) is 49.8 Å². The zero-order valence-corrected chi connectivity index (χ0v) is 22.7. The van der Waals surface area contributed by atoms with Gasteiger partial charge in [0.05, 0.1) is 11.1 Å². The number of hydrogen-bond donors (Lipinski definition) is 2. The molecule has 1 atom stereocenters. The van der Waals surface area contributed by atoms with Crippen molar-refractivity contribution in [2.75, 3.05) is 7.11 Å². The van der Waals surface area contributed by atoms with Crippen molar-refractivity contribution in [3.63, 3.8) is 0 Å². The van der Waals surface area contributed by atoms with Gasteiger partial charge in [0.15, 0.2) is 11.6 Å². The normalized spacial score (nSPS) is 12.3. The van der Waals surface area contributed by atoms with Gasteiger partial charge in [0, 0.05) is 37.0 Å². The number of hydrogen-bond acceptors (Lipinski definition) is 8. The van der Waals surface area contributed by atoms with E-state index in [1.165, 1.54) is 0 Å². The van der Waals surface area contributed by atoms with Crippen LogP contribution in [0.3, 0.4) is 0 Å². The molecule has 0 radical (unpaired) electrons. The number of carbonyl (C=O) groups excluding carboxylic acids is 1. The van der Waals surface area contributed by atoms with E-state index in [1.807, 2.05) is 26.8 Å². The van der Waals surface area contributed by atoms with Gasteiger partial charge in [0.25, 0.3) is 5.91 Å². The Hall–Kier alpha value is -3.30. The van der Waals surface area contributed by atoms with Gasteiger partial charge >= 0.3 is 6.01 Å². The quantitative estimate of drug-likeness (QED) is 0.323. The third-order valence-electron chi connectivity index (χ3n) is 6.31. The van der Waals surface area contributed by atoms with Crippen molar-refractivity contribution in [3.8, 4) is 34.7 Å². The largest absolute Gasteiger partial charge is 0.479 e. The van der Waals surface area contributed by atoms with Gasteiger partial charge in [-0.05, 0) is 49.9 Å². The Labute approximate surface area is 222 Å². The number of ether oxygens (including phenoxy) is 2. The van der Waals surface area contributed by atoms with E-state index in [0.717, 1.165) is 18.4 Å². The standard InChI is InChI=1S/C27H34ClN5O4/c1-6-9-17(4)37-22-13-11-19(16-29-22)23-31-24(33-26(35)32-23)20-14-18(10-12-21(20)28)15-30-25(34)27(7-2,8-3)36-5/h10-14,16-17H,6-9,15H2,1-5H3,(H,30,34)(H,31,32,33,35)/t17-/m0/s1. The minimum absolute atomic E-state index is 0.0604. The fourth-order valence-electron chi connectivity index (χ4n) is 4.02. The van der Waals surface area contributed by atoms with Gasteiger partial charge < -0.3 is 19.9 Å². The molecule has 10 heteroatoms. The summed E-state index contributed by atoms with van der Waals surface area (Å²) in [5.74, 6) is 0.768. The molecular formula is C27H34ClN5O4. The topological polar surface area (TPSA) is 119 Å². The highest BCUT2D eigenvalue weighted by atomic mass is 35.5. The molecule has 0 saturated carbocycles. The monoisotopic (exact) mass is 527 g/mol. The molecule has 0 fully saturated rings. The van der Waals surface area contributed by atoms with Gasteiger partial charge in [-0.3, -0.25) is 4.79 Å². The van der Waals surface area contributed by atoms with Crippen molar-refractivity contribution in [1.82, 2.24) is 25.3 Å². The van der Waals surface area contributed by atoms with E-state index in [9.17, 15) is 9.90 Å². The Morgan fingerprint density at radius 2 is 1.84 bits per heavy atom. The van der Waals surface area contributed by atoms with E-state index in [4.69, 9.17) is 21.1 Å². The lowest BCUT2D eigenvalue weighted by atomic mass is 9.96. The fourth-order valence-corrected chi connectivity index (χ4v) is 4.22. The Morgan fingerprint density at radius 3 is 2.46 bits per heavy atom. The Balaban J connectivity index is 1.83. The van der Waals surface area contributed by atoms with Gasteiger partial charge in [-0.2, -0.15) is 9.97 Å². The second-order valence-corrected chi connectivity index (χ2v) is 9.19. The molecule has 3 aromatic rings. The van der Waals surface area contributed by atoms with E-state index in [2.05, 4.69) is 32.2 Å². The van der Waals surface area contributed by atoms with Crippen molar-refractivity contribution in [2.24, 2.45) is 0 Å². The maximum absolute atomic E-state index is 12.8. The van der Waals surface area contributed by atoms with Crippen molar-refractivity contribution < 1.29 is 19.4 Å². The fraction of sp³-hybridized carbons (Fsp3) is 0.444. The van der Waals surface area contributed by atoms with Crippen molar-refractivity contribution in [2.45, 2.75) is 71.6 Å². The molecule has 0 aliphatic rings. The average Bonchev–Trinajstić information content (AvgIpc) is 2.89. The predicted molar refractivity (Wildman–Crippen MR) is 142 cm³/mol. The zero-order valence-electron chi connectivity index (χ0n) is 21.9. The zero-order chi connectivity index (χ0) is 27.0. The van der Waals surface area contributed by atoms with Gasteiger partial charge in [-0.15, -0.1) is 0 Å². The van der Waals surface area contributed by atoms with Crippen molar-refractivity contribution in [1.29, 1.82) is 0 Å². The molecule has 0 bridgehead atoms. The summed E-state index contributed by atoms with van der Waals surface area (Å²) >= 11 is 6.46. The number of benzene rings is 1. The van der Waals surface area contributed by atoms with Crippen LogP contribution in [0.15, 0.2) is 36.5 Å². The summed E-state index contributed by atoms with van der Waals surface area (Å²) in [6.45, 7) is 8.20. The van der Waals surface area contributed by atoms with E-state index >= 15 is 0 Å². The van der Waals surface area contributed by atoms with Crippen LogP contribution < -0.4 is 10.1 Å². The highest BCUT2D eigenvalue weighted by Gasteiger charge is 2.34. The minimum Gasteiger partial charge on any atom is -0.479 e. The molecule has 0 aliphatic heterocycles. The van der Waals surface area contributed by atoms with Crippen LogP contribution in [-0.2, 0) is 16.1 Å². The lowest BCUT2D eigenvalue weighted by Gasteiger charge is -2.28. The van der Waals surface area contributed by atoms with Crippen LogP contribution in [0.5, 0.6) is 11.9 Å². The third-order valence-corrected chi connectivity index (χ3v) is 6.64. The highest BCUT2D eigenvalue weighted by Crippen LogP contribution is 2.29. The highest BCUT2D eigenvalue weighted by molar-refractivity contribution is 6.33. The first-order chi connectivity index (χ1) is 17.7. The van der Waals surface area contributed by atoms with Gasteiger partial charge in [0.1, 0.15) is 5.60 Å². The molecule has 2 N–H and O–H groups in total. The van der Waals surface area contributed by atoms with E-state index in [-0.39, 0.29) is 30.2 Å². The summed E-state index contributed by atoms with van der Waals surface area (Å²) in [7, 11) is 1.54. The Morgan fingerprint density at radius 1 is 1.11 bits per heavy atom. The van der Waals surface area contributed by atoms with Crippen LogP contribution in [0.1, 0.15) is 58.9 Å². The molecule has 0 saturated heterocycles. The van der Waals surface area contributed by atoms with Crippen LogP contribution in [0, 0.1) is 0 Å². The molecule has 0 aliphatic carbocycles. The molecule has 0 spiro atoms. The Kier molecular flexibility index (Phi) is 9.77. The smallest absolute Gasteiger partial charge is 0.318 e. The number of methoxy groups -OCH3 is 1. The molecule has 198 valence electrons. The molecule has 3 rings (SSSR count). The van der Waals surface area contributed by atoms with Crippen molar-refractivity contribution >= 4 is 17.5 Å². The molecule has 1 aromatic carbocycles. The predicted octanol–water partition coefficient (Wildman–Crippen LogP) is 5.35. The molecule has 9 nitrogen and oxygen atoms in total. The number of nitrogens with one attached hydrogen (secondary N) is 1. The number of carbonyl (C=O) groups is 1. The molecule has 2 heterocycles. The molecule has 2 aromatic heterocycles. The van der Waals surface area contributed by atoms with Crippen LogP contribution in [0.2, 0.25) is 5.02 Å². The number of halogens is 1. The second kappa shape index (κ2) is 12.8. The summed E-state index contributed by atoms with van der Waals surface area (Å²) in [6, 6.07) is 8.36. The lowest BCUT2D eigenvalue weighted by molar-refractivity contribution is -0.144. The number of aromatic hydroxyl groups is 1. The van der Waals surface area contributed by atoms with Gasteiger partial charge in [-0.1, -0.05) is 44.9 Å². The summed E-state index contributed by atoms with van der Waals surface area (Å²) in [4.78, 5) is 29.8. The maximum atomic E-state index is 12.8. The second-order valence-electron chi connectivity index (χ2n) is 8.79. The first kappa shape index (κ1) is 28.3. The molecule has 37 heavy (non-hydrogen) atoms. The summed E-state index contributed by atoms with van der Waals surface area (Å²) in [5, 5.41) is 13.6. The third kappa shape index (κ3) is 6.93. The molecule has 1 amide bonds. The van der Waals surface area contributed by atoms with Crippen molar-refractivity contribution in [3.05, 3.63) is 47.1 Å². The number of rotatable bonds is 12. The number of nitrogens with zero attached hydrogens (tertiary/aromatic N) is 4. The number of aromatic nitrogens is 4. The summed E-state index contributed by atoms with van der Waals surface area (Å²) < 4.78 is 11.3. The van der Waals surface area contributed by atoms with Gasteiger partial charge in [-0.25, -0.2) is 9.97 Å². The number of amides is 1. The lowest BCUT2D eigenvalue weighted by Crippen LogP contribution is -2.47. The molecular weight excluding hydrogens is 494 g/mol.